The molecule has 0 heterocycles. The molecule has 3 aliphatic carbocycles. The van der Waals surface area contributed by atoms with Gasteiger partial charge in [-0.25, -0.2) is 0 Å². The van der Waals surface area contributed by atoms with Crippen LogP contribution in [0.4, 0.5) is 0 Å². The van der Waals surface area contributed by atoms with Crippen LogP contribution in [0.3, 0.4) is 0 Å². The van der Waals surface area contributed by atoms with Crippen molar-refractivity contribution in [3.63, 3.8) is 0 Å². The Balaban J connectivity index is 2.04. The van der Waals surface area contributed by atoms with Crippen molar-refractivity contribution in [1.29, 1.82) is 0 Å². The van der Waals surface area contributed by atoms with Gasteiger partial charge in [0, 0.05) is 5.92 Å². The fourth-order valence-corrected chi connectivity index (χ4v) is 9.70. The molecule has 0 aromatic rings. The third-order valence-corrected chi connectivity index (χ3v) is 20.6. The minimum atomic E-state index is -2.00. The molecule has 38 heavy (non-hydrogen) atoms. The van der Waals surface area contributed by atoms with Crippen molar-refractivity contribution in [2.24, 2.45) is 29.6 Å². The Hall–Kier alpha value is -0.386. The fourth-order valence-electron chi connectivity index (χ4n) is 6.74. The van der Waals surface area contributed by atoms with E-state index in [1.165, 1.54) is 19.3 Å². The molecule has 0 spiro atoms. The number of fused-ring (bicyclic) bond motifs is 1. The third-order valence-electron chi connectivity index (χ3n) is 11.5. The molecular formula is C33H60O3Si2. The predicted molar refractivity (Wildman–Crippen MR) is 167 cm³/mol. The van der Waals surface area contributed by atoms with Gasteiger partial charge in [0.1, 0.15) is 5.60 Å². The van der Waals surface area contributed by atoms with Crippen LogP contribution >= 0.6 is 0 Å². The monoisotopic (exact) mass is 560 g/mol. The van der Waals surface area contributed by atoms with Crippen molar-refractivity contribution < 1.29 is 14.0 Å². The van der Waals surface area contributed by atoms with Crippen LogP contribution in [-0.4, -0.2) is 39.0 Å². The van der Waals surface area contributed by atoms with Crippen LogP contribution in [0.15, 0.2) is 12.7 Å². The van der Waals surface area contributed by atoms with Gasteiger partial charge in [0.05, 0.1) is 11.7 Å². The number of aliphatic hydroxyl groups is 1. The van der Waals surface area contributed by atoms with Gasteiger partial charge in [-0.05, 0) is 99.0 Å². The summed E-state index contributed by atoms with van der Waals surface area (Å²) in [5.41, 5.74) is -1.19. The molecule has 3 saturated carbocycles. The van der Waals surface area contributed by atoms with E-state index < -0.39 is 27.8 Å². The summed E-state index contributed by atoms with van der Waals surface area (Å²) in [6, 6.07) is 0. The summed E-state index contributed by atoms with van der Waals surface area (Å²) < 4.78 is 14.3. The van der Waals surface area contributed by atoms with Gasteiger partial charge in [-0.15, -0.1) is 6.58 Å². The highest BCUT2D eigenvalue weighted by Gasteiger charge is 2.64. The number of hydrogen-bond acceptors (Lipinski definition) is 3. The molecule has 3 rings (SSSR count). The Morgan fingerprint density at radius 2 is 1.53 bits per heavy atom. The van der Waals surface area contributed by atoms with Crippen LogP contribution in [0.2, 0.25) is 36.3 Å². The Morgan fingerprint density at radius 1 is 0.947 bits per heavy atom. The minimum absolute atomic E-state index is 0.122. The number of rotatable bonds is 8. The van der Waals surface area contributed by atoms with Crippen LogP contribution < -0.4 is 0 Å². The van der Waals surface area contributed by atoms with Crippen molar-refractivity contribution in [2.45, 2.75) is 154 Å². The molecule has 0 amide bonds. The smallest absolute Gasteiger partial charge is 0.194 e. The van der Waals surface area contributed by atoms with E-state index in [-0.39, 0.29) is 33.9 Å². The van der Waals surface area contributed by atoms with Crippen LogP contribution in [-0.2, 0) is 8.85 Å². The fraction of sp³-hybridized carbons (Fsp3) is 0.879. The van der Waals surface area contributed by atoms with Gasteiger partial charge in [0.25, 0.3) is 0 Å². The maximum atomic E-state index is 11.7. The summed E-state index contributed by atoms with van der Waals surface area (Å²) in [6.07, 6.45) is 9.67. The molecule has 2 unspecified atom stereocenters. The Kier molecular flexibility index (Phi) is 9.12. The van der Waals surface area contributed by atoms with E-state index in [1.54, 1.807) is 0 Å². The molecule has 0 aliphatic heterocycles. The standard InChI is InChI=1S/C33H60O3Si2/c1-14-17-26-29-25(22-23-32(9,24-18-16-19-24)36-38(12,13)31(6,7)8)28(35-37(10,11)30(3,4)5)21-20-27(29)33(26,34)15-2/h15,24-29,34H,2,14,16-21H2,1,3-13H3/t25-,26?,27-,28+,29-,32+,33?/m0/s1. The lowest BCUT2D eigenvalue weighted by Crippen LogP contribution is -2.67. The molecule has 218 valence electrons. The van der Waals surface area contributed by atoms with Gasteiger partial charge < -0.3 is 14.0 Å². The van der Waals surface area contributed by atoms with Crippen LogP contribution in [0, 0.1) is 41.4 Å². The van der Waals surface area contributed by atoms with Crippen molar-refractivity contribution in [3.05, 3.63) is 12.7 Å². The lowest BCUT2D eigenvalue weighted by atomic mass is 9.45. The zero-order chi connectivity index (χ0) is 28.9. The first-order valence-electron chi connectivity index (χ1n) is 15.5. The zero-order valence-electron chi connectivity index (χ0n) is 27.0. The minimum Gasteiger partial charge on any atom is -0.413 e. The molecular weight excluding hydrogens is 501 g/mol. The van der Waals surface area contributed by atoms with Gasteiger partial charge in [0.2, 0.25) is 0 Å². The summed E-state index contributed by atoms with van der Waals surface area (Å²) in [7, 11) is -3.98. The topological polar surface area (TPSA) is 38.7 Å². The summed E-state index contributed by atoms with van der Waals surface area (Å²) in [5.74, 6) is 9.14. The molecule has 3 nitrogen and oxygen atoms in total. The Labute approximate surface area is 238 Å². The molecule has 0 aromatic carbocycles. The quantitative estimate of drug-likeness (QED) is 0.183. The second-order valence-electron chi connectivity index (χ2n) is 16.1. The predicted octanol–water partition coefficient (Wildman–Crippen LogP) is 8.95. The third kappa shape index (κ3) is 5.82. The van der Waals surface area contributed by atoms with Gasteiger partial charge >= 0.3 is 0 Å². The lowest BCUT2D eigenvalue weighted by Gasteiger charge is -2.63. The van der Waals surface area contributed by atoms with Crippen molar-refractivity contribution in [2.75, 3.05) is 0 Å². The largest absolute Gasteiger partial charge is 0.413 e. The molecule has 7 atom stereocenters. The van der Waals surface area contributed by atoms with E-state index in [4.69, 9.17) is 8.85 Å². The average Bonchev–Trinajstić information content (AvgIpc) is 2.72. The molecule has 1 N–H and O–H groups in total. The molecule has 3 fully saturated rings. The maximum absolute atomic E-state index is 11.7. The molecule has 0 aromatic heterocycles. The lowest BCUT2D eigenvalue weighted by molar-refractivity contribution is -0.208. The first kappa shape index (κ1) is 32.1. The first-order valence-corrected chi connectivity index (χ1v) is 21.3. The number of hydrogen-bond donors (Lipinski definition) is 1. The SMILES string of the molecule is C=CC1(O)C(CCC)[C@@H]2[C@@H](C#C[C@@](C)(O[Si](C)(C)C(C)(C)C)C3CCC3)[C@H](O[Si](C)(C)C(C)(C)C)CC[C@@H]21. The molecule has 0 saturated heterocycles. The van der Waals surface area contributed by atoms with Crippen LogP contribution in [0.5, 0.6) is 0 Å². The second-order valence-corrected chi connectivity index (χ2v) is 25.5. The molecule has 0 bridgehead atoms. The van der Waals surface area contributed by atoms with E-state index in [2.05, 4.69) is 100.0 Å². The molecule has 0 radical (unpaired) electrons. The normalized spacial score (nSPS) is 34.2. The Bertz CT molecular complexity index is 913. The summed E-state index contributed by atoms with van der Waals surface area (Å²) in [6.45, 7) is 32.0. The van der Waals surface area contributed by atoms with Crippen molar-refractivity contribution >= 4 is 16.6 Å². The van der Waals surface area contributed by atoms with Crippen molar-refractivity contribution in [3.8, 4) is 11.8 Å². The first-order chi connectivity index (χ1) is 17.2. The molecule has 3 aliphatic rings. The van der Waals surface area contributed by atoms with Crippen molar-refractivity contribution in [1.82, 2.24) is 0 Å². The Morgan fingerprint density at radius 3 is 1.97 bits per heavy atom. The zero-order valence-corrected chi connectivity index (χ0v) is 29.0. The summed E-state index contributed by atoms with van der Waals surface area (Å²) in [5, 5.41) is 12.0. The van der Waals surface area contributed by atoms with Gasteiger partial charge in [0.15, 0.2) is 16.6 Å². The average molecular weight is 561 g/mol. The second kappa shape index (κ2) is 10.8. The van der Waals surface area contributed by atoms with Crippen LogP contribution in [0.1, 0.15) is 100 Å². The van der Waals surface area contributed by atoms with Gasteiger partial charge in [-0.1, -0.05) is 79.2 Å². The highest BCUT2D eigenvalue weighted by Crippen LogP contribution is 2.61. The summed E-state index contributed by atoms with van der Waals surface area (Å²) in [4.78, 5) is 0. The van der Waals surface area contributed by atoms with E-state index >= 15 is 0 Å². The van der Waals surface area contributed by atoms with Crippen LogP contribution in [0.25, 0.3) is 0 Å². The highest BCUT2D eigenvalue weighted by molar-refractivity contribution is 6.74. The van der Waals surface area contributed by atoms with E-state index in [1.807, 2.05) is 6.08 Å². The van der Waals surface area contributed by atoms with Gasteiger partial charge in [-0.3, -0.25) is 0 Å². The van der Waals surface area contributed by atoms with Gasteiger partial charge in [-0.2, -0.15) is 0 Å². The highest BCUT2D eigenvalue weighted by atomic mass is 28.4. The maximum Gasteiger partial charge on any atom is 0.194 e. The van der Waals surface area contributed by atoms with E-state index in [9.17, 15) is 5.11 Å². The summed E-state index contributed by atoms with van der Waals surface area (Å²) >= 11 is 0. The van der Waals surface area contributed by atoms with E-state index in [0.29, 0.717) is 11.8 Å². The van der Waals surface area contributed by atoms with E-state index in [0.717, 1.165) is 25.7 Å². The molecule has 5 heteroatoms.